The maximum absolute atomic E-state index is 12.3. The second-order valence-electron chi connectivity index (χ2n) is 3.95. The van der Waals surface area contributed by atoms with E-state index in [0.29, 0.717) is 24.5 Å². The molecule has 2 heterocycles. The minimum atomic E-state index is -3.27. The second kappa shape index (κ2) is 4.44. The van der Waals surface area contributed by atoms with Gasteiger partial charge < -0.3 is 5.73 Å². The Labute approximate surface area is 100 Å². The van der Waals surface area contributed by atoms with E-state index in [9.17, 15) is 8.42 Å². The Balaban J connectivity index is 2.38. The summed E-state index contributed by atoms with van der Waals surface area (Å²) in [6.45, 7) is 3.54. The maximum Gasteiger partial charge on any atom is 0.244 e. The van der Waals surface area contributed by atoms with Gasteiger partial charge in [0.25, 0.3) is 0 Å². The quantitative estimate of drug-likeness (QED) is 0.891. The molecule has 1 aromatic rings. The molecule has 0 aliphatic carbocycles. The lowest BCUT2D eigenvalue weighted by atomic mass is 10.4. The van der Waals surface area contributed by atoms with Gasteiger partial charge in [-0.05, 0) is 25.8 Å². The van der Waals surface area contributed by atoms with Crippen molar-refractivity contribution in [3.63, 3.8) is 0 Å². The number of hydrogen-bond acceptors (Lipinski definition) is 4. The number of aryl methyl sites for hydroxylation is 1. The van der Waals surface area contributed by atoms with E-state index in [1.165, 1.54) is 11.3 Å². The Kier molecular flexibility index (Phi) is 3.34. The van der Waals surface area contributed by atoms with Gasteiger partial charge in [-0.3, -0.25) is 0 Å². The number of hydrogen-bond donors (Lipinski definition) is 1. The molecule has 6 heteroatoms. The van der Waals surface area contributed by atoms with Crippen LogP contribution in [0.15, 0.2) is 11.0 Å². The fourth-order valence-corrected chi connectivity index (χ4v) is 4.95. The van der Waals surface area contributed by atoms with Crippen LogP contribution in [0.3, 0.4) is 0 Å². The smallest absolute Gasteiger partial charge is 0.244 e. The number of rotatable bonds is 3. The van der Waals surface area contributed by atoms with Crippen molar-refractivity contribution < 1.29 is 8.42 Å². The molecule has 1 saturated heterocycles. The van der Waals surface area contributed by atoms with Crippen LogP contribution in [0.5, 0.6) is 0 Å². The van der Waals surface area contributed by atoms with Crippen molar-refractivity contribution in [3.8, 4) is 0 Å². The summed E-state index contributed by atoms with van der Waals surface area (Å²) in [5.41, 5.74) is 5.53. The molecule has 1 fully saturated rings. The molecular formula is C10H16N2O2S2. The second-order valence-corrected chi connectivity index (χ2v) is 7.20. The Morgan fingerprint density at radius 2 is 2.06 bits per heavy atom. The zero-order chi connectivity index (χ0) is 11.8. The highest BCUT2D eigenvalue weighted by Gasteiger charge is 2.29. The minimum absolute atomic E-state index is 0.404. The number of thiophene rings is 1. The van der Waals surface area contributed by atoms with E-state index in [0.717, 1.165) is 22.6 Å². The van der Waals surface area contributed by atoms with E-state index in [1.807, 2.05) is 6.92 Å². The van der Waals surface area contributed by atoms with Gasteiger partial charge in [0.05, 0.1) is 4.90 Å². The van der Waals surface area contributed by atoms with Gasteiger partial charge in [-0.25, -0.2) is 8.42 Å². The van der Waals surface area contributed by atoms with Crippen LogP contribution in [-0.2, 0) is 16.6 Å². The van der Waals surface area contributed by atoms with Gasteiger partial charge in [-0.2, -0.15) is 4.31 Å². The van der Waals surface area contributed by atoms with Gasteiger partial charge in [0.1, 0.15) is 0 Å². The van der Waals surface area contributed by atoms with Crippen LogP contribution in [0, 0.1) is 6.92 Å². The van der Waals surface area contributed by atoms with E-state index in [2.05, 4.69) is 0 Å². The van der Waals surface area contributed by atoms with Gasteiger partial charge in [0.2, 0.25) is 10.0 Å². The van der Waals surface area contributed by atoms with Gasteiger partial charge in [-0.15, -0.1) is 11.3 Å². The van der Waals surface area contributed by atoms with E-state index in [1.54, 1.807) is 10.4 Å². The maximum atomic E-state index is 12.3. The van der Waals surface area contributed by atoms with Crippen molar-refractivity contribution in [2.24, 2.45) is 5.73 Å². The van der Waals surface area contributed by atoms with Crippen LogP contribution in [0.1, 0.15) is 22.6 Å². The van der Waals surface area contributed by atoms with Crippen LogP contribution in [0.2, 0.25) is 0 Å². The molecule has 4 nitrogen and oxygen atoms in total. The Morgan fingerprint density at radius 3 is 2.56 bits per heavy atom. The van der Waals surface area contributed by atoms with E-state index < -0.39 is 10.0 Å². The van der Waals surface area contributed by atoms with Crippen LogP contribution < -0.4 is 5.73 Å². The first kappa shape index (κ1) is 12.0. The summed E-state index contributed by atoms with van der Waals surface area (Å²) < 4.78 is 26.1. The monoisotopic (exact) mass is 260 g/mol. The number of sulfonamides is 1. The number of nitrogens with two attached hydrogens (primary N) is 1. The lowest BCUT2D eigenvalue weighted by Crippen LogP contribution is -2.27. The molecule has 0 amide bonds. The van der Waals surface area contributed by atoms with Gasteiger partial charge in [0.15, 0.2) is 0 Å². The average Bonchev–Trinajstić information content (AvgIpc) is 2.85. The topological polar surface area (TPSA) is 63.4 Å². The largest absolute Gasteiger partial charge is 0.326 e. The van der Waals surface area contributed by atoms with Crippen molar-refractivity contribution >= 4 is 21.4 Å². The van der Waals surface area contributed by atoms with Crippen molar-refractivity contribution in [1.29, 1.82) is 0 Å². The third-order valence-electron chi connectivity index (χ3n) is 2.81. The molecule has 1 aliphatic rings. The summed E-state index contributed by atoms with van der Waals surface area (Å²) >= 11 is 1.47. The zero-order valence-electron chi connectivity index (χ0n) is 9.27. The summed E-state index contributed by atoms with van der Waals surface area (Å²) in [6.07, 6.45) is 1.93. The molecule has 0 spiro atoms. The zero-order valence-corrected chi connectivity index (χ0v) is 10.9. The molecule has 90 valence electrons. The predicted molar refractivity (Wildman–Crippen MR) is 64.9 cm³/mol. The van der Waals surface area contributed by atoms with E-state index in [-0.39, 0.29) is 0 Å². The Hall–Kier alpha value is -0.430. The predicted octanol–water partition coefficient (Wildman–Crippen LogP) is 1.30. The van der Waals surface area contributed by atoms with Crippen molar-refractivity contribution in [1.82, 2.24) is 4.31 Å². The highest BCUT2D eigenvalue weighted by atomic mass is 32.2. The fourth-order valence-electron chi connectivity index (χ4n) is 1.95. The first-order chi connectivity index (χ1) is 7.55. The van der Waals surface area contributed by atoms with Crippen molar-refractivity contribution in [2.75, 3.05) is 13.1 Å². The highest BCUT2D eigenvalue weighted by molar-refractivity contribution is 7.89. The lowest BCUT2D eigenvalue weighted by Gasteiger charge is -2.14. The molecule has 2 rings (SSSR count). The summed E-state index contributed by atoms with van der Waals surface area (Å²) in [5, 5.41) is 0. The highest BCUT2D eigenvalue weighted by Crippen LogP contribution is 2.29. The first-order valence-corrected chi connectivity index (χ1v) is 7.61. The summed E-state index contributed by atoms with van der Waals surface area (Å²) in [4.78, 5) is 2.21. The average molecular weight is 260 g/mol. The van der Waals surface area contributed by atoms with Crippen molar-refractivity contribution in [2.45, 2.75) is 31.2 Å². The minimum Gasteiger partial charge on any atom is -0.326 e. The SMILES string of the molecule is Cc1sc(CN)cc1S(=O)(=O)N1CCCC1. The standard InChI is InChI=1S/C10H16N2O2S2/c1-8-10(6-9(7-11)15-8)16(13,14)12-4-2-3-5-12/h6H,2-5,7,11H2,1H3. The van der Waals surface area contributed by atoms with E-state index >= 15 is 0 Å². The third kappa shape index (κ3) is 2.02. The molecular weight excluding hydrogens is 244 g/mol. The molecule has 0 unspecified atom stereocenters. The normalized spacial score (nSPS) is 18.1. The van der Waals surface area contributed by atoms with Crippen LogP contribution in [0.25, 0.3) is 0 Å². The summed E-state index contributed by atoms with van der Waals surface area (Å²) in [6, 6.07) is 1.72. The molecule has 1 aliphatic heterocycles. The fraction of sp³-hybridized carbons (Fsp3) is 0.600. The van der Waals surface area contributed by atoms with Gasteiger partial charge in [-0.1, -0.05) is 0 Å². The molecule has 1 aromatic heterocycles. The molecule has 0 atom stereocenters. The van der Waals surface area contributed by atoms with Crippen LogP contribution in [0.4, 0.5) is 0 Å². The lowest BCUT2D eigenvalue weighted by molar-refractivity contribution is 0.477. The van der Waals surface area contributed by atoms with Crippen molar-refractivity contribution in [3.05, 3.63) is 15.8 Å². The third-order valence-corrected chi connectivity index (χ3v) is 6.03. The molecule has 2 N–H and O–H groups in total. The number of nitrogens with zero attached hydrogens (tertiary/aromatic N) is 1. The van der Waals surface area contributed by atoms with Crippen LogP contribution in [-0.4, -0.2) is 25.8 Å². The Morgan fingerprint density at radius 1 is 1.44 bits per heavy atom. The molecule has 0 aromatic carbocycles. The summed E-state index contributed by atoms with van der Waals surface area (Å²) in [7, 11) is -3.27. The van der Waals surface area contributed by atoms with Crippen LogP contribution >= 0.6 is 11.3 Å². The molecule has 0 bridgehead atoms. The molecule has 16 heavy (non-hydrogen) atoms. The molecule has 0 saturated carbocycles. The molecule has 0 radical (unpaired) electrons. The van der Waals surface area contributed by atoms with Gasteiger partial charge in [0, 0.05) is 29.4 Å². The first-order valence-electron chi connectivity index (χ1n) is 5.35. The Bertz CT molecular complexity index is 473. The summed E-state index contributed by atoms with van der Waals surface area (Å²) in [5.74, 6) is 0. The van der Waals surface area contributed by atoms with E-state index in [4.69, 9.17) is 5.73 Å². The van der Waals surface area contributed by atoms with Gasteiger partial charge >= 0.3 is 0 Å².